The Bertz CT molecular complexity index is 407. The largest absolute Gasteiger partial charge is 0.464 e. The van der Waals surface area contributed by atoms with Gasteiger partial charge in [0.2, 0.25) is 0 Å². The average Bonchev–Trinajstić information content (AvgIpc) is 2.30. The SMILES string of the molecule is CCOC(=O)C(O)C(C)c1cc(F)ccc1F. The Hall–Kier alpha value is -1.49. The number of benzene rings is 1. The molecule has 1 rings (SSSR count). The van der Waals surface area contributed by atoms with Crippen LogP contribution >= 0.6 is 0 Å². The summed E-state index contributed by atoms with van der Waals surface area (Å²) in [6.07, 6.45) is -1.51. The first-order chi connectivity index (χ1) is 7.97. The van der Waals surface area contributed by atoms with E-state index in [1.165, 1.54) is 6.92 Å². The minimum atomic E-state index is -1.51. The molecule has 1 N–H and O–H groups in total. The van der Waals surface area contributed by atoms with E-state index >= 15 is 0 Å². The normalized spacial score (nSPS) is 14.2. The fourth-order valence-corrected chi connectivity index (χ4v) is 1.47. The summed E-state index contributed by atoms with van der Waals surface area (Å²) in [7, 11) is 0. The van der Waals surface area contributed by atoms with Crippen LogP contribution in [0.4, 0.5) is 8.78 Å². The maximum Gasteiger partial charge on any atom is 0.335 e. The third-order valence-electron chi connectivity index (χ3n) is 2.45. The summed E-state index contributed by atoms with van der Waals surface area (Å²) < 4.78 is 31.0. The molecule has 5 heteroatoms. The molecule has 94 valence electrons. The lowest BCUT2D eigenvalue weighted by Gasteiger charge is -2.18. The molecule has 3 nitrogen and oxygen atoms in total. The van der Waals surface area contributed by atoms with Gasteiger partial charge in [-0.1, -0.05) is 6.92 Å². The second-order valence-corrected chi connectivity index (χ2v) is 3.65. The number of aliphatic hydroxyl groups excluding tert-OH is 1. The highest BCUT2D eigenvalue weighted by atomic mass is 19.1. The van der Waals surface area contributed by atoms with E-state index in [1.54, 1.807) is 6.92 Å². The van der Waals surface area contributed by atoms with Crippen LogP contribution in [-0.2, 0) is 9.53 Å². The van der Waals surface area contributed by atoms with Crippen molar-refractivity contribution in [1.82, 2.24) is 0 Å². The van der Waals surface area contributed by atoms with E-state index in [-0.39, 0.29) is 12.2 Å². The van der Waals surface area contributed by atoms with Crippen molar-refractivity contribution in [2.24, 2.45) is 0 Å². The van der Waals surface area contributed by atoms with Gasteiger partial charge in [0.15, 0.2) is 6.10 Å². The van der Waals surface area contributed by atoms with Gasteiger partial charge in [-0.2, -0.15) is 0 Å². The lowest BCUT2D eigenvalue weighted by molar-refractivity contribution is -0.154. The minimum absolute atomic E-state index is 0.0504. The highest BCUT2D eigenvalue weighted by Crippen LogP contribution is 2.23. The van der Waals surface area contributed by atoms with Crippen LogP contribution in [-0.4, -0.2) is 23.8 Å². The maximum absolute atomic E-state index is 13.4. The first-order valence-corrected chi connectivity index (χ1v) is 5.27. The van der Waals surface area contributed by atoms with Crippen molar-refractivity contribution in [3.05, 3.63) is 35.4 Å². The van der Waals surface area contributed by atoms with Crippen molar-refractivity contribution < 1.29 is 23.4 Å². The lowest BCUT2D eigenvalue weighted by Crippen LogP contribution is -2.29. The summed E-state index contributed by atoms with van der Waals surface area (Å²) in [4.78, 5) is 11.3. The number of ether oxygens (including phenoxy) is 1. The van der Waals surface area contributed by atoms with E-state index in [9.17, 15) is 18.7 Å². The van der Waals surface area contributed by atoms with E-state index in [1.807, 2.05) is 0 Å². The number of carbonyl (C=O) groups excluding carboxylic acids is 1. The molecule has 0 heterocycles. The molecular formula is C12H14F2O3. The van der Waals surface area contributed by atoms with Gasteiger partial charge in [-0.05, 0) is 30.7 Å². The summed E-state index contributed by atoms with van der Waals surface area (Å²) in [5.41, 5.74) is -0.0504. The average molecular weight is 244 g/mol. The molecule has 0 aliphatic heterocycles. The number of aliphatic hydroxyl groups is 1. The van der Waals surface area contributed by atoms with Crippen LogP contribution in [0.15, 0.2) is 18.2 Å². The van der Waals surface area contributed by atoms with Crippen molar-refractivity contribution in [3.8, 4) is 0 Å². The van der Waals surface area contributed by atoms with Crippen molar-refractivity contribution in [2.75, 3.05) is 6.61 Å². The van der Waals surface area contributed by atoms with Gasteiger partial charge < -0.3 is 9.84 Å². The molecule has 0 amide bonds. The van der Waals surface area contributed by atoms with Gasteiger partial charge in [-0.15, -0.1) is 0 Å². The molecular weight excluding hydrogens is 230 g/mol. The zero-order valence-electron chi connectivity index (χ0n) is 9.61. The molecule has 0 aliphatic carbocycles. The number of carbonyl (C=O) groups is 1. The molecule has 0 saturated carbocycles. The van der Waals surface area contributed by atoms with E-state index in [2.05, 4.69) is 4.74 Å². The highest BCUT2D eigenvalue weighted by Gasteiger charge is 2.27. The Morgan fingerprint density at radius 3 is 2.71 bits per heavy atom. The number of esters is 1. The van der Waals surface area contributed by atoms with Gasteiger partial charge in [-0.3, -0.25) is 0 Å². The topological polar surface area (TPSA) is 46.5 Å². The second-order valence-electron chi connectivity index (χ2n) is 3.65. The van der Waals surface area contributed by atoms with Gasteiger partial charge in [0.1, 0.15) is 11.6 Å². The molecule has 0 saturated heterocycles. The molecule has 0 aliphatic rings. The Morgan fingerprint density at radius 2 is 2.12 bits per heavy atom. The van der Waals surface area contributed by atoms with Crippen LogP contribution in [0.5, 0.6) is 0 Å². The van der Waals surface area contributed by atoms with Gasteiger partial charge in [0.05, 0.1) is 6.61 Å². The molecule has 0 fully saturated rings. The van der Waals surface area contributed by atoms with Gasteiger partial charge >= 0.3 is 5.97 Å². The lowest BCUT2D eigenvalue weighted by atomic mass is 9.95. The summed E-state index contributed by atoms with van der Waals surface area (Å²) in [5, 5.41) is 9.62. The standard InChI is InChI=1S/C12H14F2O3/c1-3-17-12(16)11(15)7(2)9-6-8(13)4-5-10(9)14/h4-7,11,15H,3H2,1-2H3. The van der Waals surface area contributed by atoms with E-state index in [0.717, 1.165) is 18.2 Å². The molecule has 0 bridgehead atoms. The number of hydrogen-bond acceptors (Lipinski definition) is 3. The smallest absolute Gasteiger partial charge is 0.335 e. The Balaban J connectivity index is 2.91. The number of rotatable bonds is 4. The number of halogens is 2. The van der Waals surface area contributed by atoms with Crippen molar-refractivity contribution in [1.29, 1.82) is 0 Å². The quantitative estimate of drug-likeness (QED) is 0.824. The molecule has 0 radical (unpaired) electrons. The molecule has 2 unspecified atom stereocenters. The van der Waals surface area contributed by atoms with Crippen molar-refractivity contribution >= 4 is 5.97 Å². The van der Waals surface area contributed by atoms with Crippen LogP contribution in [0.25, 0.3) is 0 Å². The minimum Gasteiger partial charge on any atom is -0.464 e. The van der Waals surface area contributed by atoms with E-state index in [0.29, 0.717) is 0 Å². The third kappa shape index (κ3) is 3.23. The maximum atomic E-state index is 13.4. The van der Waals surface area contributed by atoms with Crippen molar-refractivity contribution in [2.45, 2.75) is 25.9 Å². The van der Waals surface area contributed by atoms with Gasteiger partial charge in [-0.25, -0.2) is 13.6 Å². The fraction of sp³-hybridized carbons (Fsp3) is 0.417. The van der Waals surface area contributed by atoms with E-state index in [4.69, 9.17) is 0 Å². The zero-order chi connectivity index (χ0) is 13.0. The summed E-state index contributed by atoms with van der Waals surface area (Å²) in [6, 6.07) is 2.89. The van der Waals surface area contributed by atoms with Crippen LogP contribution in [0.2, 0.25) is 0 Å². The first-order valence-electron chi connectivity index (χ1n) is 5.27. The first kappa shape index (κ1) is 13.6. The molecule has 1 aromatic rings. The Kier molecular flexibility index (Phi) is 4.57. The summed E-state index contributed by atoms with van der Waals surface area (Å²) in [5.74, 6) is -3.00. The summed E-state index contributed by atoms with van der Waals surface area (Å²) in [6.45, 7) is 3.14. The van der Waals surface area contributed by atoms with Crippen LogP contribution in [0, 0.1) is 11.6 Å². The molecule has 1 aromatic carbocycles. The highest BCUT2D eigenvalue weighted by molar-refractivity contribution is 5.75. The molecule has 0 aromatic heterocycles. The predicted molar refractivity (Wildman–Crippen MR) is 57.4 cm³/mol. The number of hydrogen-bond donors (Lipinski definition) is 1. The zero-order valence-corrected chi connectivity index (χ0v) is 9.61. The Morgan fingerprint density at radius 1 is 1.47 bits per heavy atom. The van der Waals surface area contributed by atoms with Crippen molar-refractivity contribution in [3.63, 3.8) is 0 Å². The summed E-state index contributed by atoms with van der Waals surface area (Å²) >= 11 is 0. The molecule has 2 atom stereocenters. The molecule has 17 heavy (non-hydrogen) atoms. The second kappa shape index (κ2) is 5.72. The monoisotopic (exact) mass is 244 g/mol. The van der Waals surface area contributed by atoms with Crippen LogP contribution in [0.3, 0.4) is 0 Å². The van der Waals surface area contributed by atoms with Gasteiger partial charge in [0.25, 0.3) is 0 Å². The van der Waals surface area contributed by atoms with Crippen LogP contribution < -0.4 is 0 Å². The molecule has 0 spiro atoms. The van der Waals surface area contributed by atoms with Gasteiger partial charge in [0, 0.05) is 5.92 Å². The van der Waals surface area contributed by atoms with E-state index < -0.39 is 29.6 Å². The fourth-order valence-electron chi connectivity index (χ4n) is 1.47. The Labute approximate surface area is 98.0 Å². The predicted octanol–water partition coefficient (Wildman–Crippen LogP) is 1.99. The third-order valence-corrected chi connectivity index (χ3v) is 2.45. The van der Waals surface area contributed by atoms with Crippen LogP contribution in [0.1, 0.15) is 25.3 Å².